The molecule has 2 aromatic rings. The summed E-state index contributed by atoms with van der Waals surface area (Å²) in [5.41, 5.74) is 2.40. The number of halogens is 1. The number of hydrogen-bond donors (Lipinski definition) is 0. The van der Waals surface area contributed by atoms with Crippen molar-refractivity contribution in [3.63, 3.8) is 0 Å². The monoisotopic (exact) mass is 357 g/mol. The average Bonchev–Trinajstić information content (AvgIpc) is 3.06. The van der Waals surface area contributed by atoms with Gasteiger partial charge in [-0.25, -0.2) is 9.37 Å². The number of imidazole rings is 1. The van der Waals surface area contributed by atoms with Crippen LogP contribution >= 0.6 is 0 Å². The van der Waals surface area contributed by atoms with Gasteiger partial charge in [-0.15, -0.1) is 0 Å². The third-order valence-corrected chi connectivity index (χ3v) is 5.14. The van der Waals surface area contributed by atoms with Crippen LogP contribution in [0.1, 0.15) is 66.5 Å². The first kappa shape index (κ1) is 18.6. The van der Waals surface area contributed by atoms with Crippen LogP contribution in [-0.4, -0.2) is 33.4 Å². The molecule has 0 saturated heterocycles. The minimum Gasteiger partial charge on any atom is -0.337 e. The molecule has 1 aliphatic rings. The number of rotatable bonds is 6. The van der Waals surface area contributed by atoms with Crippen molar-refractivity contribution >= 4 is 5.91 Å². The third kappa shape index (κ3) is 3.81. The SMILES string of the molecule is CCCN(CCC)C(=O)c1cn2c(n1)CC[C@H](c1ccc(F)c(C)c1)C2. The first-order valence-electron chi connectivity index (χ1n) is 9.64. The molecule has 0 bridgehead atoms. The molecule has 0 fully saturated rings. The Morgan fingerprint density at radius 2 is 2.04 bits per heavy atom. The maximum atomic E-state index is 13.5. The Hall–Kier alpha value is -2.17. The molecule has 2 heterocycles. The van der Waals surface area contributed by atoms with Gasteiger partial charge in [-0.05, 0) is 43.4 Å². The van der Waals surface area contributed by atoms with E-state index in [4.69, 9.17) is 0 Å². The first-order chi connectivity index (χ1) is 12.5. The second-order valence-electron chi connectivity index (χ2n) is 7.23. The van der Waals surface area contributed by atoms with Gasteiger partial charge in [-0.2, -0.15) is 0 Å². The number of aromatic nitrogens is 2. The summed E-state index contributed by atoms with van der Waals surface area (Å²) in [6.07, 6.45) is 5.62. The molecular weight excluding hydrogens is 329 g/mol. The summed E-state index contributed by atoms with van der Waals surface area (Å²) in [6, 6.07) is 5.37. The van der Waals surface area contributed by atoms with Crippen molar-refractivity contribution in [2.75, 3.05) is 13.1 Å². The zero-order valence-electron chi connectivity index (χ0n) is 16.0. The van der Waals surface area contributed by atoms with E-state index in [1.165, 1.54) is 0 Å². The number of carbonyl (C=O) groups is 1. The molecule has 1 amide bonds. The number of carbonyl (C=O) groups excluding carboxylic acids is 1. The van der Waals surface area contributed by atoms with Crippen LogP contribution in [0, 0.1) is 12.7 Å². The second-order valence-corrected chi connectivity index (χ2v) is 7.23. The highest BCUT2D eigenvalue weighted by atomic mass is 19.1. The molecule has 0 saturated carbocycles. The Labute approximate surface area is 155 Å². The minimum absolute atomic E-state index is 0.0322. The van der Waals surface area contributed by atoms with Crippen LogP contribution in [0.2, 0.25) is 0 Å². The van der Waals surface area contributed by atoms with Gasteiger partial charge in [0.05, 0.1) is 0 Å². The van der Waals surface area contributed by atoms with Gasteiger partial charge in [0.1, 0.15) is 17.3 Å². The highest BCUT2D eigenvalue weighted by molar-refractivity contribution is 5.92. The van der Waals surface area contributed by atoms with E-state index in [-0.39, 0.29) is 11.7 Å². The van der Waals surface area contributed by atoms with Crippen LogP contribution in [0.15, 0.2) is 24.4 Å². The highest BCUT2D eigenvalue weighted by Crippen LogP contribution is 2.30. The van der Waals surface area contributed by atoms with Gasteiger partial charge in [-0.1, -0.05) is 26.0 Å². The molecule has 1 aromatic carbocycles. The number of aryl methyl sites for hydroxylation is 2. The van der Waals surface area contributed by atoms with Crippen LogP contribution in [0.5, 0.6) is 0 Å². The Kier molecular flexibility index (Phi) is 5.74. The van der Waals surface area contributed by atoms with E-state index < -0.39 is 0 Å². The fourth-order valence-corrected chi connectivity index (χ4v) is 3.76. The molecule has 3 rings (SSSR count). The second kappa shape index (κ2) is 8.02. The van der Waals surface area contributed by atoms with Crippen LogP contribution in [0.25, 0.3) is 0 Å². The molecule has 0 radical (unpaired) electrons. The Morgan fingerprint density at radius 1 is 1.31 bits per heavy atom. The molecule has 0 unspecified atom stereocenters. The number of benzene rings is 1. The van der Waals surface area contributed by atoms with Gasteiger partial charge >= 0.3 is 0 Å². The summed E-state index contributed by atoms with van der Waals surface area (Å²) in [5, 5.41) is 0. The van der Waals surface area contributed by atoms with Crippen LogP contribution in [-0.2, 0) is 13.0 Å². The molecule has 0 N–H and O–H groups in total. The van der Waals surface area contributed by atoms with Crippen molar-refractivity contribution in [3.8, 4) is 0 Å². The summed E-state index contributed by atoms with van der Waals surface area (Å²) < 4.78 is 15.6. The minimum atomic E-state index is -0.160. The van der Waals surface area contributed by atoms with Gasteiger partial charge in [0.2, 0.25) is 0 Å². The summed E-state index contributed by atoms with van der Waals surface area (Å²) >= 11 is 0. The van der Waals surface area contributed by atoms with Crippen LogP contribution in [0.4, 0.5) is 4.39 Å². The van der Waals surface area contributed by atoms with Crippen LogP contribution < -0.4 is 0 Å². The van der Waals surface area contributed by atoms with Crippen molar-refractivity contribution in [1.82, 2.24) is 14.5 Å². The van der Waals surface area contributed by atoms with Gasteiger partial charge < -0.3 is 9.47 Å². The summed E-state index contributed by atoms with van der Waals surface area (Å²) in [6.45, 7) is 8.31. The van der Waals surface area contributed by atoms with Crippen molar-refractivity contribution < 1.29 is 9.18 Å². The Morgan fingerprint density at radius 3 is 2.69 bits per heavy atom. The van der Waals surface area contributed by atoms with Crippen molar-refractivity contribution in [1.29, 1.82) is 0 Å². The number of hydrogen-bond acceptors (Lipinski definition) is 2. The normalized spacial score (nSPS) is 16.4. The van der Waals surface area contributed by atoms with Gasteiger partial charge in [0.25, 0.3) is 5.91 Å². The molecule has 0 spiro atoms. The number of fused-ring (bicyclic) bond motifs is 1. The molecule has 140 valence electrons. The van der Waals surface area contributed by atoms with Crippen molar-refractivity contribution in [3.05, 3.63) is 52.9 Å². The van der Waals surface area contributed by atoms with Crippen molar-refractivity contribution in [2.24, 2.45) is 0 Å². The molecule has 5 heteroatoms. The molecule has 1 aliphatic heterocycles. The lowest BCUT2D eigenvalue weighted by Crippen LogP contribution is -2.32. The van der Waals surface area contributed by atoms with E-state index in [1.807, 2.05) is 23.2 Å². The largest absolute Gasteiger partial charge is 0.337 e. The fraction of sp³-hybridized carbons (Fsp3) is 0.524. The summed E-state index contributed by atoms with van der Waals surface area (Å²) in [4.78, 5) is 19.3. The van der Waals surface area contributed by atoms with Gasteiger partial charge in [-0.3, -0.25) is 4.79 Å². The Bertz CT molecular complexity index is 778. The zero-order chi connectivity index (χ0) is 18.7. The molecule has 1 aromatic heterocycles. The standard InChI is InChI=1S/C21H28FN3O/c1-4-10-24(11-5-2)21(26)19-14-25-13-17(7-9-20(25)23-19)16-6-8-18(22)15(3)12-16/h6,8,12,14,17H,4-5,7,9-11,13H2,1-3H3/t17-/m0/s1. The lowest BCUT2D eigenvalue weighted by molar-refractivity contribution is 0.0750. The molecule has 26 heavy (non-hydrogen) atoms. The number of amides is 1. The van der Waals surface area contributed by atoms with E-state index in [2.05, 4.69) is 23.4 Å². The Balaban J connectivity index is 1.78. The maximum absolute atomic E-state index is 13.5. The fourth-order valence-electron chi connectivity index (χ4n) is 3.76. The predicted octanol–water partition coefficient (Wildman–Crippen LogP) is 4.32. The lowest BCUT2D eigenvalue weighted by atomic mass is 9.90. The van der Waals surface area contributed by atoms with Crippen LogP contribution in [0.3, 0.4) is 0 Å². The quantitative estimate of drug-likeness (QED) is 0.772. The van der Waals surface area contributed by atoms with Crippen molar-refractivity contribution in [2.45, 2.75) is 58.9 Å². The molecule has 4 nitrogen and oxygen atoms in total. The topological polar surface area (TPSA) is 38.1 Å². The van der Waals surface area contributed by atoms with E-state index in [1.54, 1.807) is 13.0 Å². The van der Waals surface area contributed by atoms with E-state index in [0.29, 0.717) is 17.2 Å². The first-order valence-corrected chi connectivity index (χ1v) is 9.64. The van der Waals surface area contributed by atoms with E-state index >= 15 is 0 Å². The number of nitrogens with zero attached hydrogens (tertiary/aromatic N) is 3. The molecule has 0 aliphatic carbocycles. The lowest BCUT2D eigenvalue weighted by Gasteiger charge is -2.24. The third-order valence-electron chi connectivity index (χ3n) is 5.14. The van der Waals surface area contributed by atoms with E-state index in [0.717, 1.165) is 56.7 Å². The molecule has 1 atom stereocenters. The molecular formula is C21H28FN3O. The zero-order valence-corrected chi connectivity index (χ0v) is 16.0. The maximum Gasteiger partial charge on any atom is 0.274 e. The average molecular weight is 357 g/mol. The van der Waals surface area contributed by atoms with Gasteiger partial charge in [0.15, 0.2) is 0 Å². The van der Waals surface area contributed by atoms with E-state index in [9.17, 15) is 9.18 Å². The highest BCUT2D eigenvalue weighted by Gasteiger charge is 2.25. The predicted molar refractivity (Wildman–Crippen MR) is 101 cm³/mol. The van der Waals surface area contributed by atoms with Gasteiger partial charge in [0, 0.05) is 38.2 Å². The summed E-state index contributed by atoms with van der Waals surface area (Å²) in [5.74, 6) is 1.19. The summed E-state index contributed by atoms with van der Waals surface area (Å²) in [7, 11) is 0. The smallest absolute Gasteiger partial charge is 0.274 e.